The highest BCUT2D eigenvalue weighted by atomic mass is 35.5. The number of para-hydroxylation sites is 1. The molecular weight excluding hydrogens is 488 g/mol. The van der Waals surface area contributed by atoms with Gasteiger partial charge in [-0.05, 0) is 48.0 Å². The summed E-state index contributed by atoms with van der Waals surface area (Å²) in [4.78, 5) is 26.5. The van der Waals surface area contributed by atoms with Crippen LogP contribution in [0.2, 0.25) is 5.02 Å². The second kappa shape index (κ2) is 9.10. The summed E-state index contributed by atoms with van der Waals surface area (Å²) in [5.74, 6) is -1.33. The van der Waals surface area contributed by atoms with Crippen LogP contribution in [0, 0.1) is 0 Å². The average Bonchev–Trinajstić information content (AvgIpc) is 3.31. The predicted molar refractivity (Wildman–Crippen MR) is 142 cm³/mol. The average molecular weight is 505 g/mol. The molecule has 0 spiro atoms. The molecule has 5 nitrogen and oxygen atoms in total. The number of carbonyl (C=O) groups is 2. The number of hydrogen-bond donors (Lipinski definition) is 1. The molecular formula is C26H17ClN2O3S2. The smallest absolute Gasteiger partial charge is 0.335 e. The van der Waals surface area contributed by atoms with E-state index in [1.54, 1.807) is 12.1 Å². The largest absolute Gasteiger partial charge is 0.478 e. The van der Waals surface area contributed by atoms with Gasteiger partial charge in [0.1, 0.15) is 0 Å². The summed E-state index contributed by atoms with van der Waals surface area (Å²) in [7, 11) is 0. The molecule has 168 valence electrons. The molecule has 0 saturated carbocycles. The van der Waals surface area contributed by atoms with Gasteiger partial charge in [-0.25, -0.2) is 4.79 Å². The van der Waals surface area contributed by atoms with Crippen LogP contribution < -0.4 is 4.90 Å². The van der Waals surface area contributed by atoms with Gasteiger partial charge in [-0.2, -0.15) is 0 Å². The van der Waals surface area contributed by atoms with Gasteiger partial charge in [0.05, 0.1) is 16.2 Å². The first-order chi connectivity index (χ1) is 16.4. The van der Waals surface area contributed by atoms with Gasteiger partial charge in [0.2, 0.25) is 0 Å². The summed E-state index contributed by atoms with van der Waals surface area (Å²) in [6.07, 6.45) is 3.87. The number of fused-ring (bicyclic) bond motifs is 1. The van der Waals surface area contributed by atoms with Crippen LogP contribution in [0.15, 0.2) is 83.9 Å². The quantitative estimate of drug-likeness (QED) is 0.250. The van der Waals surface area contributed by atoms with E-state index in [1.165, 1.54) is 28.8 Å². The Morgan fingerprint density at radius 2 is 1.82 bits per heavy atom. The Morgan fingerprint density at radius 3 is 2.59 bits per heavy atom. The van der Waals surface area contributed by atoms with E-state index in [9.17, 15) is 14.7 Å². The number of hydrogen-bond acceptors (Lipinski definition) is 4. The molecule has 0 aliphatic carbocycles. The van der Waals surface area contributed by atoms with E-state index in [4.69, 9.17) is 23.8 Å². The summed E-state index contributed by atoms with van der Waals surface area (Å²) in [5, 5.41) is 11.0. The number of aromatic carboxylic acids is 1. The van der Waals surface area contributed by atoms with E-state index >= 15 is 0 Å². The van der Waals surface area contributed by atoms with E-state index in [0.717, 1.165) is 22.0 Å². The van der Waals surface area contributed by atoms with Crippen LogP contribution in [-0.4, -0.2) is 25.9 Å². The zero-order valence-corrected chi connectivity index (χ0v) is 20.0. The molecule has 1 aliphatic heterocycles. The summed E-state index contributed by atoms with van der Waals surface area (Å²) < 4.78 is 2.50. The maximum Gasteiger partial charge on any atom is 0.335 e. The fourth-order valence-electron chi connectivity index (χ4n) is 3.92. The lowest BCUT2D eigenvalue weighted by molar-refractivity contribution is -0.113. The summed E-state index contributed by atoms with van der Waals surface area (Å²) in [6, 6.07) is 22.0. The molecule has 1 fully saturated rings. The predicted octanol–water partition coefficient (Wildman–Crippen LogP) is 6.45. The number of nitrogens with zero attached hydrogens (tertiary/aromatic N) is 2. The molecule has 4 aromatic rings. The molecule has 0 bridgehead atoms. The Balaban J connectivity index is 1.50. The molecule has 1 amide bonds. The molecule has 1 N–H and O–H groups in total. The maximum atomic E-state index is 13.3. The summed E-state index contributed by atoms with van der Waals surface area (Å²) in [5.41, 5.74) is 3.61. The third-order valence-electron chi connectivity index (χ3n) is 5.52. The number of carboxylic acid groups (broad SMARTS) is 1. The summed E-state index contributed by atoms with van der Waals surface area (Å²) in [6.45, 7) is 0.661. The number of thiocarbonyl (C=S) groups is 1. The lowest BCUT2D eigenvalue weighted by atomic mass is 10.1. The van der Waals surface area contributed by atoms with Crippen molar-refractivity contribution in [2.24, 2.45) is 0 Å². The van der Waals surface area contributed by atoms with Crippen LogP contribution in [0.5, 0.6) is 0 Å². The fourth-order valence-corrected chi connectivity index (χ4v) is 5.33. The minimum Gasteiger partial charge on any atom is -0.478 e. The van der Waals surface area contributed by atoms with Crippen LogP contribution in [0.1, 0.15) is 21.5 Å². The van der Waals surface area contributed by atoms with E-state index in [0.29, 0.717) is 26.5 Å². The SMILES string of the molecule is O=C(O)c1cccc(N2C(=O)/C(=C\c3cn(Cc4ccc(Cl)cc4)c4ccccc34)SC2=S)c1. The van der Waals surface area contributed by atoms with Crippen molar-refractivity contribution < 1.29 is 14.7 Å². The lowest BCUT2D eigenvalue weighted by Crippen LogP contribution is -2.27. The van der Waals surface area contributed by atoms with Crippen LogP contribution >= 0.6 is 35.6 Å². The molecule has 0 unspecified atom stereocenters. The van der Waals surface area contributed by atoms with Crippen LogP contribution in [0.25, 0.3) is 17.0 Å². The molecule has 8 heteroatoms. The number of amides is 1. The molecule has 0 atom stereocenters. The van der Waals surface area contributed by atoms with Crippen molar-refractivity contribution in [1.82, 2.24) is 4.57 Å². The minimum absolute atomic E-state index is 0.0980. The molecule has 1 aliphatic rings. The second-order valence-corrected chi connectivity index (χ2v) is 9.84. The van der Waals surface area contributed by atoms with Crippen molar-refractivity contribution in [3.63, 3.8) is 0 Å². The first kappa shape index (κ1) is 22.4. The zero-order chi connectivity index (χ0) is 23.8. The highest BCUT2D eigenvalue weighted by Gasteiger charge is 2.33. The highest BCUT2D eigenvalue weighted by molar-refractivity contribution is 8.27. The van der Waals surface area contributed by atoms with Gasteiger partial charge >= 0.3 is 5.97 Å². The molecule has 3 aromatic carbocycles. The number of aromatic nitrogens is 1. The van der Waals surface area contributed by atoms with E-state index in [2.05, 4.69) is 4.57 Å². The Hall–Kier alpha value is -3.39. The number of anilines is 1. The van der Waals surface area contributed by atoms with Crippen molar-refractivity contribution in [3.05, 3.63) is 106 Å². The Labute approximate surface area is 210 Å². The molecule has 0 radical (unpaired) electrons. The molecule has 34 heavy (non-hydrogen) atoms. The highest BCUT2D eigenvalue weighted by Crippen LogP contribution is 2.37. The van der Waals surface area contributed by atoms with E-state index < -0.39 is 5.97 Å². The molecule has 2 heterocycles. The Kier molecular flexibility index (Phi) is 6.00. The zero-order valence-electron chi connectivity index (χ0n) is 17.6. The number of rotatable bonds is 5. The van der Waals surface area contributed by atoms with Crippen molar-refractivity contribution in [3.8, 4) is 0 Å². The van der Waals surface area contributed by atoms with Gasteiger partial charge < -0.3 is 9.67 Å². The Bertz CT molecular complexity index is 1490. The van der Waals surface area contributed by atoms with E-state index in [-0.39, 0.29) is 11.5 Å². The van der Waals surface area contributed by atoms with Gasteiger partial charge in [-0.15, -0.1) is 0 Å². The first-order valence-corrected chi connectivity index (χ1v) is 11.9. The Morgan fingerprint density at radius 1 is 1.06 bits per heavy atom. The van der Waals surface area contributed by atoms with Crippen LogP contribution in [0.4, 0.5) is 5.69 Å². The van der Waals surface area contributed by atoms with E-state index in [1.807, 2.05) is 60.8 Å². The van der Waals surface area contributed by atoms with Gasteiger partial charge in [-0.1, -0.05) is 72.0 Å². The van der Waals surface area contributed by atoms with Crippen molar-refractivity contribution >= 4 is 74.4 Å². The van der Waals surface area contributed by atoms with Crippen LogP contribution in [-0.2, 0) is 11.3 Å². The van der Waals surface area contributed by atoms with Crippen molar-refractivity contribution in [1.29, 1.82) is 0 Å². The normalized spacial score (nSPS) is 15.0. The maximum absolute atomic E-state index is 13.3. The number of halogens is 1. The van der Waals surface area contributed by atoms with Crippen LogP contribution in [0.3, 0.4) is 0 Å². The molecule has 1 saturated heterocycles. The third kappa shape index (κ3) is 4.25. The van der Waals surface area contributed by atoms with Gasteiger partial charge in [0, 0.05) is 34.2 Å². The molecule has 5 rings (SSSR count). The lowest BCUT2D eigenvalue weighted by Gasteiger charge is -2.14. The minimum atomic E-state index is -1.06. The topological polar surface area (TPSA) is 62.5 Å². The second-order valence-electron chi connectivity index (χ2n) is 7.73. The molecule has 1 aromatic heterocycles. The number of carbonyl (C=O) groups excluding carboxylic acids is 1. The third-order valence-corrected chi connectivity index (χ3v) is 7.07. The van der Waals surface area contributed by atoms with Gasteiger partial charge in [0.25, 0.3) is 5.91 Å². The standard InChI is InChI=1S/C26H17ClN2O3S2/c27-19-10-8-16(9-11-19)14-28-15-18(21-6-1-2-7-22(21)28)13-23-24(30)29(26(33)34-23)20-5-3-4-17(12-20)25(31)32/h1-13,15H,14H2,(H,31,32)/b23-13+. The number of benzene rings is 3. The first-order valence-electron chi connectivity index (χ1n) is 10.3. The fraction of sp³-hybridized carbons (Fsp3) is 0.0385. The number of carboxylic acids is 1. The van der Waals surface area contributed by atoms with Gasteiger partial charge in [0.15, 0.2) is 4.32 Å². The van der Waals surface area contributed by atoms with Gasteiger partial charge in [-0.3, -0.25) is 9.69 Å². The number of thioether (sulfide) groups is 1. The van der Waals surface area contributed by atoms with Crippen molar-refractivity contribution in [2.75, 3.05) is 4.90 Å². The monoisotopic (exact) mass is 504 g/mol. The summed E-state index contributed by atoms with van der Waals surface area (Å²) >= 11 is 12.7. The van der Waals surface area contributed by atoms with Crippen molar-refractivity contribution in [2.45, 2.75) is 6.54 Å².